The number of aliphatic hydroxyl groups excluding tert-OH is 1. The second-order valence-corrected chi connectivity index (χ2v) is 15.7. The molecule has 1 aromatic carbocycles. The lowest BCUT2D eigenvalue weighted by Crippen LogP contribution is -2.52. The monoisotopic (exact) mass is 858 g/mol. The lowest BCUT2D eigenvalue weighted by Gasteiger charge is -2.28. The van der Waals surface area contributed by atoms with Crippen molar-refractivity contribution in [3.05, 3.63) is 35.9 Å². The van der Waals surface area contributed by atoms with Crippen molar-refractivity contribution in [3.63, 3.8) is 0 Å². The zero-order valence-electron chi connectivity index (χ0n) is 36.1. The molecule has 0 aromatic heterocycles. The fourth-order valence-electron chi connectivity index (χ4n) is 6.56. The number of ketones is 3. The predicted molar refractivity (Wildman–Crippen MR) is 226 cm³/mol. The van der Waals surface area contributed by atoms with Crippen molar-refractivity contribution in [2.45, 2.75) is 123 Å². The Morgan fingerprint density at radius 3 is 1.72 bits per heavy atom. The van der Waals surface area contributed by atoms with Crippen LogP contribution in [0.25, 0.3) is 0 Å². The maximum Gasteiger partial charge on any atom is 0.304 e. The molecule has 0 bridgehead atoms. The van der Waals surface area contributed by atoms with E-state index in [1.54, 1.807) is 51.1 Å². The standard InChI is InChI=1S/C42H66N8O11/c1-7-23(3)36(34(55)19-28(17-27-13-10-9-11-14-27)39(59)50-37(38(43)58)24(4)8-2)49-40(60)29(21-35(56)57)18-32(53)25(5)47-41(61)30(22-51)20-33(54)31(48-26(6)52)15-12-16-46-42(44)45/h9-11,13-14,23-25,28-31,36-37,51H,7-8,12,15-22H2,1-6H3,(H2,43,58)(H,47,61)(H,48,52)(H,49,60)(H,50,59)(H,56,57)(H4,44,45,46)/t23-,24-,25-,28+,29?,30-,31-,36-,37-/m0/s1. The number of benzene rings is 1. The molecule has 0 aliphatic rings. The van der Waals surface area contributed by atoms with E-state index in [2.05, 4.69) is 26.3 Å². The molecule has 61 heavy (non-hydrogen) atoms. The van der Waals surface area contributed by atoms with E-state index in [0.29, 0.717) is 19.3 Å². The topological polar surface area (TPSA) is 333 Å². The minimum atomic E-state index is -1.48. The van der Waals surface area contributed by atoms with Gasteiger partial charge in [0.1, 0.15) is 6.04 Å². The Morgan fingerprint density at radius 2 is 1.20 bits per heavy atom. The van der Waals surface area contributed by atoms with E-state index >= 15 is 0 Å². The van der Waals surface area contributed by atoms with Crippen molar-refractivity contribution in [1.29, 1.82) is 0 Å². The van der Waals surface area contributed by atoms with Gasteiger partial charge in [-0.3, -0.25) is 48.1 Å². The van der Waals surface area contributed by atoms with Crippen molar-refractivity contribution < 1.29 is 53.4 Å². The summed E-state index contributed by atoms with van der Waals surface area (Å²) in [6.45, 7) is 8.97. The summed E-state index contributed by atoms with van der Waals surface area (Å²) in [5.74, 6) is -11.6. The number of primary amides is 1. The molecule has 0 saturated heterocycles. The number of aliphatic carboxylic acids is 1. The molecule has 1 aromatic rings. The highest BCUT2D eigenvalue weighted by Crippen LogP contribution is 2.21. The number of amides is 5. The summed E-state index contributed by atoms with van der Waals surface area (Å²) >= 11 is 0. The number of guanidine groups is 1. The van der Waals surface area contributed by atoms with E-state index in [1.807, 2.05) is 6.92 Å². The van der Waals surface area contributed by atoms with Gasteiger partial charge in [0.25, 0.3) is 0 Å². The van der Waals surface area contributed by atoms with Gasteiger partial charge in [-0.15, -0.1) is 0 Å². The molecule has 19 heteroatoms. The van der Waals surface area contributed by atoms with Gasteiger partial charge < -0.3 is 48.7 Å². The second-order valence-electron chi connectivity index (χ2n) is 15.7. The fraction of sp³-hybridized carbons (Fsp3) is 0.619. The molecule has 0 aliphatic heterocycles. The smallest absolute Gasteiger partial charge is 0.304 e. The number of rotatable bonds is 30. The molecule has 1 rings (SSSR count). The number of nitrogens with two attached hydrogens (primary N) is 3. The Morgan fingerprint density at radius 1 is 0.672 bits per heavy atom. The lowest BCUT2D eigenvalue weighted by molar-refractivity contribution is -0.143. The summed E-state index contributed by atoms with van der Waals surface area (Å²) in [5.41, 5.74) is 17.0. The Kier molecular flexibility index (Phi) is 23.8. The number of nitrogens with one attached hydrogen (secondary N) is 4. The number of hydrogen-bond acceptors (Lipinski definition) is 11. The summed E-state index contributed by atoms with van der Waals surface area (Å²) < 4.78 is 0. The van der Waals surface area contributed by atoms with Crippen LogP contribution in [0.5, 0.6) is 0 Å². The molecule has 340 valence electrons. The van der Waals surface area contributed by atoms with Crippen LogP contribution < -0.4 is 38.5 Å². The second kappa shape index (κ2) is 27.2. The van der Waals surface area contributed by atoms with Gasteiger partial charge >= 0.3 is 5.97 Å². The van der Waals surface area contributed by atoms with Crippen LogP contribution in [0.2, 0.25) is 0 Å². The van der Waals surface area contributed by atoms with Gasteiger partial charge in [0.05, 0.1) is 43.0 Å². The minimum Gasteiger partial charge on any atom is -0.481 e. The van der Waals surface area contributed by atoms with Crippen molar-refractivity contribution in [1.82, 2.24) is 21.3 Å². The third kappa shape index (κ3) is 19.5. The molecule has 12 N–H and O–H groups in total. The Hall–Kier alpha value is -5.72. The first-order valence-electron chi connectivity index (χ1n) is 20.6. The normalized spacial score (nSPS) is 15.5. The van der Waals surface area contributed by atoms with Gasteiger partial charge in [-0.2, -0.15) is 0 Å². The van der Waals surface area contributed by atoms with Crippen molar-refractivity contribution >= 4 is 58.8 Å². The highest BCUT2D eigenvalue weighted by Gasteiger charge is 2.36. The van der Waals surface area contributed by atoms with Crippen LogP contribution in [0.3, 0.4) is 0 Å². The molecule has 0 fully saturated rings. The maximum absolute atomic E-state index is 14.0. The first kappa shape index (κ1) is 53.3. The van der Waals surface area contributed by atoms with Gasteiger partial charge in [0.15, 0.2) is 23.3 Å². The van der Waals surface area contributed by atoms with Gasteiger partial charge in [0.2, 0.25) is 29.5 Å². The molecule has 5 amide bonds. The number of aliphatic hydroxyl groups is 1. The average molecular weight is 859 g/mol. The number of carboxylic acids is 1. The van der Waals surface area contributed by atoms with Gasteiger partial charge in [0, 0.05) is 38.6 Å². The number of carbonyl (C=O) groups excluding carboxylic acids is 8. The molecule has 0 heterocycles. The summed E-state index contributed by atoms with van der Waals surface area (Å²) in [6, 6.07) is 4.41. The van der Waals surface area contributed by atoms with Crippen LogP contribution in [0.15, 0.2) is 35.3 Å². The van der Waals surface area contributed by atoms with E-state index in [1.165, 1.54) is 13.8 Å². The van der Waals surface area contributed by atoms with E-state index < -0.39 is 127 Å². The van der Waals surface area contributed by atoms with Crippen LogP contribution in [0, 0.1) is 29.6 Å². The fourth-order valence-corrected chi connectivity index (χ4v) is 6.56. The number of hydrogen-bond donors (Lipinski definition) is 9. The molecular weight excluding hydrogens is 793 g/mol. The van der Waals surface area contributed by atoms with Crippen molar-refractivity contribution in [3.8, 4) is 0 Å². The molecule has 0 radical (unpaired) electrons. The first-order valence-corrected chi connectivity index (χ1v) is 20.6. The number of Topliss-reactive ketones (excluding diaryl/α,β-unsaturated/α-hetero) is 3. The number of carboxylic acid groups (broad SMARTS) is 1. The molecular formula is C42H66N8O11. The molecule has 0 aliphatic carbocycles. The summed E-state index contributed by atoms with van der Waals surface area (Å²) in [5, 5.41) is 29.9. The average Bonchev–Trinajstić information content (AvgIpc) is 3.20. The predicted octanol–water partition coefficient (Wildman–Crippen LogP) is 0.0324. The highest BCUT2D eigenvalue weighted by atomic mass is 16.4. The SMILES string of the molecule is CC[C@H](C)[C@H](NC(=O)[C@@H](CC(=O)[C@@H](NC(=O)C(CC(=O)O)CC(=O)[C@H](C)NC(=O)[C@H](CO)CC(=O)[C@H](CCCN=C(N)N)NC(C)=O)[C@@H](C)CC)Cc1ccccc1)C(N)=O. The number of nitrogens with zero attached hydrogens (tertiary/aromatic N) is 1. The zero-order valence-corrected chi connectivity index (χ0v) is 36.1. The Bertz CT molecular complexity index is 1700. The van der Waals surface area contributed by atoms with Crippen LogP contribution in [-0.4, -0.2) is 106 Å². The van der Waals surface area contributed by atoms with E-state index in [-0.39, 0.29) is 37.7 Å². The molecule has 1 unspecified atom stereocenters. The van der Waals surface area contributed by atoms with Gasteiger partial charge in [-0.25, -0.2) is 0 Å². The largest absolute Gasteiger partial charge is 0.481 e. The van der Waals surface area contributed by atoms with E-state index in [0.717, 1.165) is 5.56 Å². The Labute approximate surface area is 357 Å². The minimum absolute atomic E-state index is 0.118. The third-order valence-electron chi connectivity index (χ3n) is 10.6. The summed E-state index contributed by atoms with van der Waals surface area (Å²) in [4.78, 5) is 121. The quantitative estimate of drug-likeness (QED) is 0.0281. The Balaban J connectivity index is 3.21. The van der Waals surface area contributed by atoms with Gasteiger partial charge in [-0.05, 0) is 43.6 Å². The molecule has 0 saturated carbocycles. The van der Waals surface area contributed by atoms with Crippen LogP contribution in [-0.2, 0) is 49.6 Å². The summed E-state index contributed by atoms with van der Waals surface area (Å²) in [7, 11) is 0. The summed E-state index contributed by atoms with van der Waals surface area (Å²) in [6.07, 6.45) is -0.803. The number of aliphatic imine (C=N–C) groups is 1. The van der Waals surface area contributed by atoms with Crippen LogP contribution >= 0.6 is 0 Å². The molecule has 0 spiro atoms. The zero-order chi connectivity index (χ0) is 46.4. The van der Waals surface area contributed by atoms with Crippen LogP contribution in [0.1, 0.15) is 98.5 Å². The molecule has 19 nitrogen and oxygen atoms in total. The maximum atomic E-state index is 14.0. The van der Waals surface area contributed by atoms with E-state index in [9.17, 15) is 53.4 Å². The van der Waals surface area contributed by atoms with Gasteiger partial charge in [-0.1, -0.05) is 70.9 Å². The van der Waals surface area contributed by atoms with Crippen LogP contribution in [0.4, 0.5) is 0 Å². The third-order valence-corrected chi connectivity index (χ3v) is 10.6. The first-order chi connectivity index (χ1) is 28.6. The van der Waals surface area contributed by atoms with E-state index in [4.69, 9.17) is 17.2 Å². The van der Waals surface area contributed by atoms with Crippen molar-refractivity contribution in [2.24, 2.45) is 51.8 Å². The van der Waals surface area contributed by atoms with Crippen molar-refractivity contribution in [2.75, 3.05) is 13.2 Å². The lowest BCUT2D eigenvalue weighted by atomic mass is 9.86. The molecule has 9 atom stereocenters. The number of carbonyl (C=O) groups is 9. The highest BCUT2D eigenvalue weighted by molar-refractivity contribution is 5.98.